The summed E-state index contributed by atoms with van der Waals surface area (Å²) in [5, 5.41) is 7.74. The molecule has 1 atom stereocenters. The molecule has 1 unspecified atom stereocenters. The molecule has 2 aromatic rings. The molecule has 0 saturated carbocycles. The molecule has 1 fully saturated rings. The number of nitrogens with zero attached hydrogens (tertiary/aromatic N) is 5. The van der Waals surface area contributed by atoms with Gasteiger partial charge in [-0.05, 0) is 63.4 Å². The molecule has 0 spiro atoms. The van der Waals surface area contributed by atoms with Gasteiger partial charge in [-0.3, -0.25) is 14.3 Å². The number of nitrogens with one attached hydrogen (secondary N) is 1. The highest BCUT2D eigenvalue weighted by atomic mass is 16.2. The van der Waals surface area contributed by atoms with E-state index < -0.39 is 0 Å². The van der Waals surface area contributed by atoms with Gasteiger partial charge in [0.1, 0.15) is 5.82 Å². The van der Waals surface area contributed by atoms with Crippen molar-refractivity contribution in [2.75, 3.05) is 19.6 Å². The van der Waals surface area contributed by atoms with Gasteiger partial charge in [0, 0.05) is 37.8 Å². The Bertz CT molecular complexity index is 899. The van der Waals surface area contributed by atoms with Gasteiger partial charge < -0.3 is 10.2 Å². The smallest absolute Gasteiger partial charge is 0.346 e. The van der Waals surface area contributed by atoms with Gasteiger partial charge in [0.05, 0.1) is 6.54 Å². The van der Waals surface area contributed by atoms with Gasteiger partial charge in [-0.2, -0.15) is 5.10 Å². The monoisotopic (exact) mass is 426 g/mol. The van der Waals surface area contributed by atoms with Crippen molar-refractivity contribution in [2.24, 2.45) is 0 Å². The fourth-order valence-electron chi connectivity index (χ4n) is 4.66. The zero-order chi connectivity index (χ0) is 21.5. The number of carbonyl (C=O) groups excluding carboxylic acids is 1. The molecule has 2 aromatic heterocycles. The number of aromatic nitrogens is 4. The lowest BCUT2D eigenvalue weighted by molar-refractivity contribution is -0.122. The summed E-state index contributed by atoms with van der Waals surface area (Å²) in [6, 6.07) is 3.92. The van der Waals surface area contributed by atoms with E-state index in [1.54, 1.807) is 17.0 Å². The number of hydrogen-bond acceptors (Lipinski definition) is 5. The summed E-state index contributed by atoms with van der Waals surface area (Å²) in [5.41, 5.74) is 0.881. The maximum Gasteiger partial charge on any atom is 0.346 e. The molecule has 1 saturated heterocycles. The van der Waals surface area contributed by atoms with E-state index in [0.29, 0.717) is 25.9 Å². The molecule has 0 radical (unpaired) electrons. The predicted molar refractivity (Wildman–Crippen MR) is 119 cm³/mol. The first kappa shape index (κ1) is 21.7. The largest absolute Gasteiger partial charge is 0.353 e. The fraction of sp³-hybridized carbons (Fsp3) is 0.652. The van der Waals surface area contributed by atoms with Gasteiger partial charge in [-0.1, -0.05) is 18.9 Å². The summed E-state index contributed by atoms with van der Waals surface area (Å²) < 4.78 is 3.29. The van der Waals surface area contributed by atoms with E-state index in [2.05, 4.69) is 20.3 Å². The van der Waals surface area contributed by atoms with Crippen molar-refractivity contribution < 1.29 is 4.79 Å². The number of hydrogen-bond donors (Lipinski definition) is 1. The number of aryl methyl sites for hydroxylation is 1. The summed E-state index contributed by atoms with van der Waals surface area (Å²) in [7, 11) is 0. The molecule has 2 aliphatic rings. The first-order valence-corrected chi connectivity index (χ1v) is 11.8. The number of pyridine rings is 1. The standard InChI is InChI=1S/C23H34N6O2/c30-22(8-6-15-27-13-3-1-2-4-14-27)25-20-9-10-21-26-29(23(31)28(21)16-11-20)18-19-7-5-12-24-17-19/h5,7,12,17,20H,1-4,6,8-11,13-16,18H2,(H,25,30). The maximum absolute atomic E-state index is 12.8. The fourth-order valence-corrected chi connectivity index (χ4v) is 4.66. The average molecular weight is 427 g/mol. The van der Waals surface area contributed by atoms with Gasteiger partial charge >= 0.3 is 5.69 Å². The van der Waals surface area contributed by atoms with Crippen LogP contribution in [-0.4, -0.2) is 55.8 Å². The van der Waals surface area contributed by atoms with Crippen LogP contribution in [0.3, 0.4) is 0 Å². The molecule has 8 heteroatoms. The van der Waals surface area contributed by atoms with Crippen molar-refractivity contribution in [3.05, 3.63) is 46.4 Å². The third kappa shape index (κ3) is 6.03. The Hall–Kier alpha value is -2.48. The third-order valence-corrected chi connectivity index (χ3v) is 6.41. The minimum absolute atomic E-state index is 0.0803. The van der Waals surface area contributed by atoms with Crippen LogP contribution < -0.4 is 11.0 Å². The highest BCUT2D eigenvalue weighted by Gasteiger charge is 2.22. The van der Waals surface area contributed by atoms with E-state index in [9.17, 15) is 9.59 Å². The molecular weight excluding hydrogens is 392 g/mol. The van der Waals surface area contributed by atoms with Gasteiger partial charge in [0.2, 0.25) is 5.91 Å². The highest BCUT2D eigenvalue weighted by Crippen LogP contribution is 2.13. The van der Waals surface area contributed by atoms with E-state index in [1.807, 2.05) is 12.1 Å². The van der Waals surface area contributed by atoms with Crippen LogP contribution in [0.25, 0.3) is 0 Å². The summed E-state index contributed by atoms with van der Waals surface area (Å²) in [5.74, 6) is 0.945. The predicted octanol–water partition coefficient (Wildman–Crippen LogP) is 1.97. The Labute approximate surface area is 183 Å². The zero-order valence-electron chi connectivity index (χ0n) is 18.3. The van der Waals surface area contributed by atoms with E-state index >= 15 is 0 Å². The number of amides is 1. The van der Waals surface area contributed by atoms with Crippen molar-refractivity contribution in [1.29, 1.82) is 0 Å². The summed E-state index contributed by atoms with van der Waals surface area (Å²) in [4.78, 5) is 31.8. The second-order valence-electron chi connectivity index (χ2n) is 8.82. The molecule has 8 nitrogen and oxygen atoms in total. The minimum atomic E-state index is -0.0803. The van der Waals surface area contributed by atoms with Crippen LogP contribution in [0.4, 0.5) is 0 Å². The van der Waals surface area contributed by atoms with Crippen molar-refractivity contribution in [2.45, 2.75) is 76.9 Å². The lowest BCUT2D eigenvalue weighted by atomic mass is 10.1. The third-order valence-electron chi connectivity index (χ3n) is 6.41. The van der Waals surface area contributed by atoms with Crippen LogP contribution in [0.1, 0.15) is 62.8 Å². The Morgan fingerprint density at radius 1 is 1.13 bits per heavy atom. The Morgan fingerprint density at radius 3 is 2.74 bits per heavy atom. The van der Waals surface area contributed by atoms with Crippen LogP contribution in [-0.2, 0) is 24.3 Å². The van der Waals surface area contributed by atoms with Crippen LogP contribution in [0.15, 0.2) is 29.3 Å². The van der Waals surface area contributed by atoms with Gasteiger partial charge in [0.25, 0.3) is 0 Å². The zero-order valence-corrected chi connectivity index (χ0v) is 18.3. The van der Waals surface area contributed by atoms with Crippen LogP contribution in [0.2, 0.25) is 0 Å². The van der Waals surface area contributed by atoms with Crippen LogP contribution in [0, 0.1) is 0 Å². The summed E-state index contributed by atoms with van der Waals surface area (Å²) >= 11 is 0. The van der Waals surface area contributed by atoms with Crippen LogP contribution >= 0.6 is 0 Å². The Balaban J connectivity index is 1.24. The molecule has 0 aromatic carbocycles. The lowest BCUT2D eigenvalue weighted by Gasteiger charge is -2.20. The molecule has 31 heavy (non-hydrogen) atoms. The average Bonchev–Trinajstić information content (AvgIpc) is 2.99. The normalized spacial score (nSPS) is 19.9. The summed E-state index contributed by atoms with van der Waals surface area (Å²) in [6.45, 7) is 4.40. The maximum atomic E-state index is 12.8. The molecule has 1 N–H and O–H groups in total. The first-order valence-electron chi connectivity index (χ1n) is 11.8. The molecule has 0 aliphatic carbocycles. The van der Waals surface area contributed by atoms with Gasteiger partial charge in [-0.15, -0.1) is 0 Å². The van der Waals surface area contributed by atoms with Crippen molar-refractivity contribution in [1.82, 2.24) is 29.5 Å². The summed E-state index contributed by atoms with van der Waals surface area (Å²) in [6.07, 6.45) is 12.5. The number of carbonyl (C=O) groups is 1. The molecule has 2 aliphatic heterocycles. The van der Waals surface area contributed by atoms with Crippen molar-refractivity contribution in [3.63, 3.8) is 0 Å². The van der Waals surface area contributed by atoms with Gasteiger partial charge in [0.15, 0.2) is 0 Å². The number of fused-ring (bicyclic) bond motifs is 1. The molecule has 0 bridgehead atoms. The van der Waals surface area contributed by atoms with Crippen LogP contribution in [0.5, 0.6) is 0 Å². The topological polar surface area (TPSA) is 85.1 Å². The lowest BCUT2D eigenvalue weighted by Crippen LogP contribution is -2.36. The number of likely N-dealkylation sites (tertiary alicyclic amines) is 1. The van der Waals surface area contributed by atoms with E-state index in [-0.39, 0.29) is 17.6 Å². The molecule has 168 valence electrons. The second-order valence-corrected chi connectivity index (χ2v) is 8.82. The first-order chi connectivity index (χ1) is 15.2. The SMILES string of the molecule is O=C(CCCN1CCCCCC1)NC1CCc2nn(Cc3cccnc3)c(=O)n2CC1. The van der Waals surface area contributed by atoms with Crippen molar-refractivity contribution in [3.8, 4) is 0 Å². The quantitative estimate of drug-likeness (QED) is 0.732. The van der Waals surface area contributed by atoms with E-state index in [0.717, 1.165) is 37.2 Å². The van der Waals surface area contributed by atoms with Gasteiger partial charge in [-0.25, -0.2) is 9.48 Å². The molecule has 1 amide bonds. The Morgan fingerprint density at radius 2 is 1.97 bits per heavy atom. The second kappa shape index (κ2) is 10.7. The molecule has 4 rings (SSSR count). The molecule has 4 heterocycles. The highest BCUT2D eigenvalue weighted by molar-refractivity contribution is 5.76. The Kier molecular flexibility index (Phi) is 7.51. The number of rotatable bonds is 7. The van der Waals surface area contributed by atoms with E-state index in [1.165, 1.54) is 43.5 Å². The van der Waals surface area contributed by atoms with Crippen molar-refractivity contribution >= 4 is 5.91 Å². The molecular formula is C23H34N6O2. The van der Waals surface area contributed by atoms with E-state index in [4.69, 9.17) is 0 Å². The minimum Gasteiger partial charge on any atom is -0.353 e.